The molecule has 1 unspecified atom stereocenters. The smallest absolute Gasteiger partial charge is 0.336 e. The van der Waals surface area contributed by atoms with E-state index in [4.69, 9.17) is 10.2 Å². The molecule has 1 aromatic carbocycles. The van der Waals surface area contributed by atoms with Crippen LogP contribution in [-0.4, -0.2) is 37.2 Å². The molecule has 0 heterocycles. The first-order chi connectivity index (χ1) is 9.69. The fraction of sp³-hybridized carbons (Fsp3) is 0.462. The highest BCUT2D eigenvalue weighted by atomic mass is 127. The minimum Gasteiger partial charge on any atom is -0.478 e. The molecule has 1 atom stereocenters. The summed E-state index contributed by atoms with van der Waals surface area (Å²) in [5.74, 6) is -1.16. The maximum atomic E-state index is 12.3. The van der Waals surface area contributed by atoms with Gasteiger partial charge in [-0.2, -0.15) is 0 Å². The van der Waals surface area contributed by atoms with Crippen LogP contribution in [0.2, 0.25) is 0 Å². The predicted molar refractivity (Wildman–Crippen MR) is 86.8 cm³/mol. The molecule has 0 radical (unpaired) electrons. The Morgan fingerprint density at radius 2 is 2.00 bits per heavy atom. The molecule has 0 saturated heterocycles. The molecule has 6 nitrogen and oxygen atoms in total. The summed E-state index contributed by atoms with van der Waals surface area (Å²) < 4.78 is 27.6. The van der Waals surface area contributed by atoms with E-state index in [-0.39, 0.29) is 23.0 Å². The van der Waals surface area contributed by atoms with Gasteiger partial charge in [-0.05, 0) is 53.1 Å². The van der Waals surface area contributed by atoms with Crippen molar-refractivity contribution in [2.24, 2.45) is 5.92 Å². The van der Waals surface area contributed by atoms with Crippen LogP contribution in [0, 0.1) is 9.49 Å². The highest BCUT2D eigenvalue weighted by Crippen LogP contribution is 2.19. The fourth-order valence-corrected chi connectivity index (χ4v) is 3.78. The number of carboxylic acids is 1. The number of carboxylic acid groups (broad SMARTS) is 1. The summed E-state index contributed by atoms with van der Waals surface area (Å²) >= 11 is 1.84. The standard InChI is InChI=1S/C13H18INO5S/c1-8(2)12(5-6-16)15-21(19,20)9-3-4-11(14)10(7-9)13(17)18/h3-4,7-8,12,15-16H,5-6H2,1-2H3,(H,17,18). The molecule has 0 aromatic heterocycles. The van der Waals surface area contributed by atoms with Gasteiger partial charge in [0.2, 0.25) is 10.0 Å². The van der Waals surface area contributed by atoms with Crippen molar-refractivity contribution in [1.29, 1.82) is 0 Å². The second-order valence-corrected chi connectivity index (χ2v) is 7.81. The van der Waals surface area contributed by atoms with Gasteiger partial charge in [0.1, 0.15) is 0 Å². The van der Waals surface area contributed by atoms with Crippen molar-refractivity contribution in [3.63, 3.8) is 0 Å². The number of nitrogens with one attached hydrogen (secondary N) is 1. The molecule has 0 spiro atoms. The van der Waals surface area contributed by atoms with E-state index in [9.17, 15) is 13.2 Å². The largest absolute Gasteiger partial charge is 0.478 e. The van der Waals surface area contributed by atoms with Gasteiger partial charge in [-0.1, -0.05) is 13.8 Å². The van der Waals surface area contributed by atoms with Crippen molar-refractivity contribution in [1.82, 2.24) is 4.72 Å². The van der Waals surface area contributed by atoms with Crippen LogP contribution in [0.1, 0.15) is 30.6 Å². The number of aromatic carboxylic acids is 1. The minimum atomic E-state index is -3.83. The van der Waals surface area contributed by atoms with E-state index in [0.29, 0.717) is 9.99 Å². The zero-order chi connectivity index (χ0) is 16.2. The molecule has 1 rings (SSSR count). The first-order valence-corrected chi connectivity index (χ1v) is 8.91. The van der Waals surface area contributed by atoms with E-state index in [1.54, 1.807) is 0 Å². The van der Waals surface area contributed by atoms with E-state index in [1.165, 1.54) is 12.1 Å². The lowest BCUT2D eigenvalue weighted by atomic mass is 10.0. The Hall–Kier alpha value is -0.710. The molecule has 1 aromatic rings. The van der Waals surface area contributed by atoms with Gasteiger partial charge in [0.15, 0.2) is 0 Å². The van der Waals surface area contributed by atoms with Crippen molar-refractivity contribution in [3.8, 4) is 0 Å². The van der Waals surface area contributed by atoms with E-state index in [0.717, 1.165) is 6.07 Å². The maximum Gasteiger partial charge on any atom is 0.336 e. The van der Waals surface area contributed by atoms with Crippen molar-refractivity contribution in [2.45, 2.75) is 31.2 Å². The third-order valence-corrected chi connectivity index (χ3v) is 5.46. The molecule has 118 valence electrons. The molecular weight excluding hydrogens is 409 g/mol. The van der Waals surface area contributed by atoms with Gasteiger partial charge in [0, 0.05) is 16.2 Å². The Kier molecular flexibility index (Phi) is 6.57. The van der Waals surface area contributed by atoms with Crippen LogP contribution in [0.25, 0.3) is 0 Å². The molecular formula is C13H18INO5S. The van der Waals surface area contributed by atoms with Gasteiger partial charge >= 0.3 is 5.97 Å². The van der Waals surface area contributed by atoms with Crippen LogP contribution in [0.15, 0.2) is 23.1 Å². The van der Waals surface area contributed by atoms with Gasteiger partial charge in [0.05, 0.1) is 10.5 Å². The third-order valence-electron chi connectivity index (χ3n) is 3.03. The highest BCUT2D eigenvalue weighted by molar-refractivity contribution is 14.1. The average molecular weight is 427 g/mol. The topological polar surface area (TPSA) is 104 Å². The second kappa shape index (κ2) is 7.52. The maximum absolute atomic E-state index is 12.3. The third kappa shape index (κ3) is 4.90. The first-order valence-electron chi connectivity index (χ1n) is 6.35. The Morgan fingerprint density at radius 1 is 1.38 bits per heavy atom. The molecule has 0 bridgehead atoms. The Morgan fingerprint density at radius 3 is 2.48 bits per heavy atom. The molecule has 0 fully saturated rings. The molecule has 0 aliphatic carbocycles. The van der Waals surface area contributed by atoms with Crippen LogP contribution in [0.5, 0.6) is 0 Å². The van der Waals surface area contributed by atoms with E-state index < -0.39 is 22.0 Å². The molecule has 0 aliphatic heterocycles. The number of sulfonamides is 1. The van der Waals surface area contributed by atoms with E-state index in [2.05, 4.69) is 4.72 Å². The normalized spacial score (nSPS) is 13.4. The summed E-state index contributed by atoms with van der Waals surface area (Å²) in [5, 5.41) is 18.0. The van der Waals surface area contributed by atoms with Crippen LogP contribution in [-0.2, 0) is 10.0 Å². The van der Waals surface area contributed by atoms with E-state index in [1.807, 2.05) is 36.4 Å². The first kappa shape index (κ1) is 18.3. The monoisotopic (exact) mass is 427 g/mol. The van der Waals surface area contributed by atoms with Gasteiger partial charge < -0.3 is 10.2 Å². The van der Waals surface area contributed by atoms with Crippen LogP contribution in [0.4, 0.5) is 0 Å². The van der Waals surface area contributed by atoms with Crippen molar-refractivity contribution in [2.75, 3.05) is 6.61 Å². The lowest BCUT2D eigenvalue weighted by molar-refractivity contribution is 0.0695. The molecule has 0 aliphatic rings. The predicted octanol–water partition coefficient (Wildman–Crippen LogP) is 1.67. The summed E-state index contributed by atoms with van der Waals surface area (Å²) in [4.78, 5) is 11.0. The van der Waals surface area contributed by atoms with Crippen LogP contribution < -0.4 is 4.72 Å². The summed E-state index contributed by atoms with van der Waals surface area (Å²) in [6, 6.07) is 3.55. The van der Waals surface area contributed by atoms with E-state index >= 15 is 0 Å². The van der Waals surface area contributed by atoms with Crippen LogP contribution >= 0.6 is 22.6 Å². The number of benzene rings is 1. The molecule has 8 heteroatoms. The molecule has 3 N–H and O–H groups in total. The van der Waals surface area contributed by atoms with Gasteiger partial charge in [0.25, 0.3) is 0 Å². The van der Waals surface area contributed by atoms with Gasteiger partial charge in [-0.15, -0.1) is 0 Å². The van der Waals surface area contributed by atoms with Crippen molar-refractivity contribution >= 4 is 38.6 Å². The molecule has 21 heavy (non-hydrogen) atoms. The minimum absolute atomic E-state index is 0.00900. The van der Waals surface area contributed by atoms with Crippen LogP contribution in [0.3, 0.4) is 0 Å². The fourth-order valence-electron chi connectivity index (χ4n) is 1.77. The second-order valence-electron chi connectivity index (χ2n) is 4.93. The summed E-state index contributed by atoms with van der Waals surface area (Å²) in [5.41, 5.74) is -0.0540. The quantitative estimate of drug-likeness (QED) is 0.575. The zero-order valence-electron chi connectivity index (χ0n) is 11.7. The van der Waals surface area contributed by atoms with Gasteiger partial charge in [-0.3, -0.25) is 0 Å². The SMILES string of the molecule is CC(C)C(CCO)NS(=O)(=O)c1ccc(I)c(C(=O)O)c1. The number of halogens is 1. The Balaban J connectivity index is 3.13. The number of hydrogen-bond donors (Lipinski definition) is 3. The molecule has 0 saturated carbocycles. The lowest BCUT2D eigenvalue weighted by Crippen LogP contribution is -2.39. The number of rotatable bonds is 7. The zero-order valence-corrected chi connectivity index (χ0v) is 14.7. The Labute approximate surface area is 137 Å². The van der Waals surface area contributed by atoms with Gasteiger partial charge in [-0.25, -0.2) is 17.9 Å². The highest BCUT2D eigenvalue weighted by Gasteiger charge is 2.23. The summed E-state index contributed by atoms with van der Waals surface area (Å²) in [7, 11) is -3.83. The van der Waals surface area contributed by atoms with Crippen molar-refractivity contribution < 1.29 is 23.4 Å². The number of aliphatic hydroxyl groups excluding tert-OH is 1. The summed E-state index contributed by atoms with van der Waals surface area (Å²) in [6.07, 6.45) is 0.299. The lowest BCUT2D eigenvalue weighted by Gasteiger charge is -2.21. The Bertz CT molecular complexity index is 615. The number of hydrogen-bond acceptors (Lipinski definition) is 4. The number of aliphatic hydroxyl groups is 1. The summed E-state index contributed by atoms with van der Waals surface area (Å²) in [6.45, 7) is 3.57. The van der Waals surface area contributed by atoms with Crippen molar-refractivity contribution in [3.05, 3.63) is 27.3 Å². The average Bonchev–Trinajstić information content (AvgIpc) is 2.37. The molecule has 0 amide bonds. The number of carbonyl (C=O) groups is 1.